The number of ether oxygens (including phenoxy) is 1. The fraction of sp³-hybridized carbons (Fsp3) is 0.500. The molecule has 1 aliphatic heterocycles. The van der Waals surface area contributed by atoms with Gasteiger partial charge < -0.3 is 25.6 Å². The lowest BCUT2D eigenvalue weighted by molar-refractivity contribution is -0.123. The number of piperazine rings is 1. The fourth-order valence-electron chi connectivity index (χ4n) is 2.67. The van der Waals surface area contributed by atoms with Crippen LogP contribution in [0.5, 0.6) is 0 Å². The zero-order valence-corrected chi connectivity index (χ0v) is 18.3. The normalized spacial score (nSPS) is 15.4. The van der Waals surface area contributed by atoms with Crippen molar-refractivity contribution < 1.29 is 14.3 Å². The van der Waals surface area contributed by atoms with Crippen LogP contribution in [0.1, 0.15) is 22.8 Å². The van der Waals surface area contributed by atoms with Crippen molar-refractivity contribution in [3.63, 3.8) is 0 Å². The van der Waals surface area contributed by atoms with Crippen molar-refractivity contribution in [2.75, 3.05) is 40.4 Å². The SMILES string of the molecule is CN=C(NCc1ccc(C(=O)N2CCNC(=O)C2)cc1)NC(C)COC.I. The van der Waals surface area contributed by atoms with E-state index in [1.807, 2.05) is 19.1 Å². The van der Waals surface area contributed by atoms with E-state index >= 15 is 0 Å². The highest BCUT2D eigenvalue weighted by Crippen LogP contribution is 2.09. The lowest BCUT2D eigenvalue weighted by atomic mass is 10.1. The predicted molar refractivity (Wildman–Crippen MR) is 115 cm³/mol. The second-order valence-corrected chi connectivity index (χ2v) is 6.20. The summed E-state index contributed by atoms with van der Waals surface area (Å²) in [5.74, 6) is 0.450. The van der Waals surface area contributed by atoms with Gasteiger partial charge in [0.25, 0.3) is 5.91 Å². The van der Waals surface area contributed by atoms with Gasteiger partial charge in [-0.3, -0.25) is 14.6 Å². The Bertz CT molecular complexity index is 651. The largest absolute Gasteiger partial charge is 0.383 e. The number of amides is 2. The molecule has 0 aromatic heterocycles. The molecule has 0 saturated carbocycles. The number of carbonyl (C=O) groups excluding carboxylic acids is 2. The van der Waals surface area contributed by atoms with Crippen molar-refractivity contribution in [2.45, 2.75) is 19.5 Å². The number of carbonyl (C=O) groups is 2. The molecule has 0 aliphatic carbocycles. The summed E-state index contributed by atoms with van der Waals surface area (Å²) in [6, 6.07) is 7.52. The summed E-state index contributed by atoms with van der Waals surface area (Å²) in [6.45, 7) is 4.34. The molecule has 9 heteroatoms. The van der Waals surface area contributed by atoms with Gasteiger partial charge in [-0.05, 0) is 24.6 Å². The Morgan fingerprint density at radius 3 is 2.67 bits per heavy atom. The molecule has 1 aromatic rings. The number of guanidine groups is 1. The molecule has 27 heavy (non-hydrogen) atoms. The van der Waals surface area contributed by atoms with Gasteiger partial charge in [0, 0.05) is 45.4 Å². The van der Waals surface area contributed by atoms with Crippen LogP contribution >= 0.6 is 24.0 Å². The minimum atomic E-state index is -0.120. The van der Waals surface area contributed by atoms with Crippen molar-refractivity contribution in [1.29, 1.82) is 0 Å². The van der Waals surface area contributed by atoms with Crippen molar-refractivity contribution >= 4 is 41.8 Å². The second kappa shape index (κ2) is 11.8. The number of benzene rings is 1. The number of methoxy groups -OCH3 is 1. The first-order valence-corrected chi connectivity index (χ1v) is 8.64. The average Bonchev–Trinajstić information content (AvgIpc) is 2.65. The van der Waals surface area contributed by atoms with Crippen LogP contribution < -0.4 is 16.0 Å². The number of rotatable bonds is 6. The minimum Gasteiger partial charge on any atom is -0.383 e. The Kier molecular flexibility index (Phi) is 10.1. The second-order valence-electron chi connectivity index (χ2n) is 6.20. The summed E-state index contributed by atoms with van der Waals surface area (Å²) < 4.78 is 5.10. The van der Waals surface area contributed by atoms with Crippen molar-refractivity contribution in [3.05, 3.63) is 35.4 Å². The molecule has 3 N–H and O–H groups in total. The van der Waals surface area contributed by atoms with Gasteiger partial charge in [-0.2, -0.15) is 0 Å². The van der Waals surface area contributed by atoms with E-state index in [0.29, 0.717) is 37.8 Å². The van der Waals surface area contributed by atoms with Crippen LogP contribution in [0.4, 0.5) is 0 Å². The van der Waals surface area contributed by atoms with E-state index < -0.39 is 0 Å². The van der Waals surface area contributed by atoms with E-state index in [4.69, 9.17) is 4.74 Å². The van der Waals surface area contributed by atoms with Gasteiger partial charge >= 0.3 is 0 Å². The Morgan fingerprint density at radius 1 is 1.37 bits per heavy atom. The third-order valence-electron chi connectivity index (χ3n) is 4.01. The standard InChI is InChI=1S/C18H27N5O3.HI/c1-13(12-26-3)22-18(19-2)21-10-14-4-6-15(7-5-14)17(25)23-9-8-20-16(24)11-23;/h4-7,13H,8-12H2,1-3H3,(H,20,24)(H2,19,21,22);1H. The summed E-state index contributed by atoms with van der Waals surface area (Å²) in [4.78, 5) is 29.6. The first-order valence-electron chi connectivity index (χ1n) is 8.64. The zero-order chi connectivity index (χ0) is 18.9. The van der Waals surface area contributed by atoms with Crippen LogP contribution in [-0.2, 0) is 16.1 Å². The molecule has 1 atom stereocenters. The Balaban J connectivity index is 0.00000364. The van der Waals surface area contributed by atoms with Gasteiger partial charge in [0.1, 0.15) is 0 Å². The molecular formula is C18H28IN5O3. The van der Waals surface area contributed by atoms with Crippen LogP contribution in [0.3, 0.4) is 0 Å². The highest BCUT2D eigenvalue weighted by molar-refractivity contribution is 14.0. The van der Waals surface area contributed by atoms with E-state index in [1.165, 1.54) is 0 Å². The highest BCUT2D eigenvalue weighted by Gasteiger charge is 2.22. The average molecular weight is 489 g/mol. The molecule has 1 unspecified atom stereocenters. The van der Waals surface area contributed by atoms with Gasteiger partial charge in [0.15, 0.2) is 5.96 Å². The molecule has 1 aromatic carbocycles. The third kappa shape index (κ3) is 7.33. The number of hydrogen-bond donors (Lipinski definition) is 3. The molecule has 1 heterocycles. The van der Waals surface area contributed by atoms with E-state index in [9.17, 15) is 9.59 Å². The van der Waals surface area contributed by atoms with Crippen molar-refractivity contribution in [2.24, 2.45) is 4.99 Å². The van der Waals surface area contributed by atoms with Gasteiger partial charge in [-0.15, -0.1) is 24.0 Å². The molecule has 1 aliphatic rings. The minimum absolute atomic E-state index is 0. The Hall–Kier alpha value is -1.88. The number of nitrogens with zero attached hydrogens (tertiary/aromatic N) is 2. The maximum Gasteiger partial charge on any atom is 0.254 e. The monoisotopic (exact) mass is 489 g/mol. The van der Waals surface area contributed by atoms with E-state index in [2.05, 4.69) is 20.9 Å². The first-order chi connectivity index (χ1) is 12.5. The van der Waals surface area contributed by atoms with E-state index in [0.717, 1.165) is 5.56 Å². The Labute approximate surface area is 177 Å². The molecule has 1 fully saturated rings. The Morgan fingerprint density at radius 2 is 2.07 bits per heavy atom. The smallest absolute Gasteiger partial charge is 0.254 e. The van der Waals surface area contributed by atoms with Gasteiger partial charge in [-0.25, -0.2) is 0 Å². The van der Waals surface area contributed by atoms with Gasteiger partial charge in [0.05, 0.1) is 13.2 Å². The maximum atomic E-state index is 12.4. The molecule has 1 saturated heterocycles. The molecule has 2 amide bonds. The van der Waals surface area contributed by atoms with Crippen LogP contribution in [0.25, 0.3) is 0 Å². The predicted octanol–water partition coefficient (Wildman–Crippen LogP) is 0.577. The maximum absolute atomic E-state index is 12.4. The number of aliphatic imine (C=N–C) groups is 1. The number of hydrogen-bond acceptors (Lipinski definition) is 4. The van der Waals surface area contributed by atoms with Crippen LogP contribution in [-0.4, -0.2) is 69.1 Å². The summed E-state index contributed by atoms with van der Waals surface area (Å²) in [5, 5.41) is 9.17. The van der Waals surface area contributed by atoms with Crippen LogP contribution in [0, 0.1) is 0 Å². The molecule has 8 nitrogen and oxygen atoms in total. The molecule has 2 rings (SSSR count). The lowest BCUT2D eigenvalue weighted by Crippen LogP contribution is -2.49. The van der Waals surface area contributed by atoms with Crippen LogP contribution in [0.2, 0.25) is 0 Å². The van der Waals surface area contributed by atoms with Crippen molar-refractivity contribution in [3.8, 4) is 0 Å². The summed E-state index contributed by atoms with van der Waals surface area (Å²) in [7, 11) is 3.37. The molecular weight excluding hydrogens is 461 g/mol. The van der Waals surface area contributed by atoms with Crippen molar-refractivity contribution in [1.82, 2.24) is 20.9 Å². The fourth-order valence-corrected chi connectivity index (χ4v) is 2.67. The number of nitrogens with one attached hydrogen (secondary N) is 3. The van der Waals surface area contributed by atoms with E-state index in [-0.39, 0.29) is 48.4 Å². The quantitative estimate of drug-likeness (QED) is 0.309. The summed E-state index contributed by atoms with van der Waals surface area (Å²) >= 11 is 0. The first kappa shape index (κ1) is 23.2. The van der Waals surface area contributed by atoms with Gasteiger partial charge in [-0.1, -0.05) is 12.1 Å². The molecule has 0 spiro atoms. The zero-order valence-electron chi connectivity index (χ0n) is 15.9. The highest BCUT2D eigenvalue weighted by atomic mass is 127. The summed E-state index contributed by atoms with van der Waals surface area (Å²) in [5.41, 5.74) is 1.61. The molecule has 0 bridgehead atoms. The lowest BCUT2D eigenvalue weighted by Gasteiger charge is -2.26. The van der Waals surface area contributed by atoms with E-state index in [1.54, 1.807) is 31.2 Å². The topological polar surface area (TPSA) is 95.1 Å². The van der Waals surface area contributed by atoms with Crippen LogP contribution in [0.15, 0.2) is 29.3 Å². The summed E-state index contributed by atoms with van der Waals surface area (Å²) in [6.07, 6.45) is 0. The van der Waals surface area contributed by atoms with Gasteiger partial charge in [0.2, 0.25) is 5.91 Å². The number of halogens is 1. The molecule has 0 radical (unpaired) electrons. The third-order valence-corrected chi connectivity index (χ3v) is 4.01. The molecule has 150 valence electrons.